The van der Waals surface area contributed by atoms with Crippen molar-refractivity contribution in [3.05, 3.63) is 68.2 Å². The Balaban J connectivity index is 2.06. The van der Waals surface area contributed by atoms with Crippen LogP contribution in [0.4, 0.5) is 5.69 Å². The molecule has 0 aromatic heterocycles. The molecular weight excluding hydrogens is 354 g/mol. The number of hydrogen-bond donors (Lipinski definition) is 2. The zero-order chi connectivity index (χ0) is 16.1. The van der Waals surface area contributed by atoms with Crippen LogP contribution in [-0.2, 0) is 0 Å². The first-order valence-corrected chi connectivity index (χ1v) is 6.83. The fraction of sp³-hybridized carbons (Fsp3) is 0. The average molecular weight is 364 g/mol. The normalized spacial score (nSPS) is 10.6. The Morgan fingerprint density at radius 2 is 1.95 bits per heavy atom. The lowest BCUT2D eigenvalue weighted by Gasteiger charge is -2.00. The number of halogens is 1. The summed E-state index contributed by atoms with van der Waals surface area (Å²) in [6.07, 6.45) is 1.25. The summed E-state index contributed by atoms with van der Waals surface area (Å²) in [5.74, 6) is -0.835. The van der Waals surface area contributed by atoms with Gasteiger partial charge >= 0.3 is 5.69 Å². The highest BCUT2D eigenvalue weighted by atomic mass is 79.9. The van der Waals surface area contributed by atoms with Gasteiger partial charge in [0.2, 0.25) is 0 Å². The van der Waals surface area contributed by atoms with Crippen LogP contribution in [0.15, 0.2) is 52.0 Å². The molecule has 0 heterocycles. The summed E-state index contributed by atoms with van der Waals surface area (Å²) < 4.78 is 0.851. The second kappa shape index (κ2) is 6.81. The molecule has 2 aromatic carbocycles. The number of nitrogens with one attached hydrogen (secondary N) is 1. The van der Waals surface area contributed by atoms with Crippen molar-refractivity contribution >= 4 is 33.7 Å². The van der Waals surface area contributed by atoms with E-state index in [4.69, 9.17) is 0 Å². The van der Waals surface area contributed by atoms with E-state index in [0.717, 1.165) is 10.5 Å². The number of nitro benzene ring substituents is 1. The van der Waals surface area contributed by atoms with Crippen LogP contribution in [0.5, 0.6) is 5.75 Å². The lowest BCUT2D eigenvalue weighted by molar-refractivity contribution is -0.385. The van der Waals surface area contributed by atoms with Gasteiger partial charge in [-0.3, -0.25) is 14.9 Å². The van der Waals surface area contributed by atoms with Crippen molar-refractivity contribution in [3.63, 3.8) is 0 Å². The molecule has 0 bridgehead atoms. The highest BCUT2D eigenvalue weighted by Gasteiger charge is 2.12. The van der Waals surface area contributed by atoms with E-state index in [2.05, 4.69) is 26.5 Å². The van der Waals surface area contributed by atoms with Crippen LogP contribution in [0.25, 0.3) is 0 Å². The van der Waals surface area contributed by atoms with E-state index in [1.165, 1.54) is 18.3 Å². The summed E-state index contributed by atoms with van der Waals surface area (Å²) in [5, 5.41) is 23.8. The molecule has 1 amide bonds. The maximum Gasteiger partial charge on any atom is 0.311 e. The van der Waals surface area contributed by atoms with E-state index in [-0.39, 0.29) is 0 Å². The summed E-state index contributed by atoms with van der Waals surface area (Å²) in [6.45, 7) is 0. The van der Waals surface area contributed by atoms with Crippen LogP contribution in [0.3, 0.4) is 0 Å². The maximum atomic E-state index is 11.8. The molecule has 7 nitrogen and oxygen atoms in total. The number of aromatic hydroxyl groups is 1. The van der Waals surface area contributed by atoms with E-state index < -0.39 is 22.3 Å². The zero-order valence-electron chi connectivity index (χ0n) is 11.1. The van der Waals surface area contributed by atoms with Gasteiger partial charge in [0, 0.05) is 21.7 Å². The Kier molecular flexibility index (Phi) is 4.84. The molecule has 0 fully saturated rings. The van der Waals surface area contributed by atoms with Crippen molar-refractivity contribution in [2.24, 2.45) is 5.10 Å². The van der Waals surface area contributed by atoms with Crippen molar-refractivity contribution in [2.45, 2.75) is 0 Å². The van der Waals surface area contributed by atoms with E-state index in [1.807, 2.05) is 0 Å². The first-order valence-electron chi connectivity index (χ1n) is 6.04. The SMILES string of the molecule is O=C(N/N=C\c1ccc(O)c([N+](=O)[O-])c1)c1ccc(Br)cc1. The lowest BCUT2D eigenvalue weighted by Crippen LogP contribution is -2.17. The van der Waals surface area contributed by atoms with Crippen molar-refractivity contribution < 1.29 is 14.8 Å². The van der Waals surface area contributed by atoms with Crippen LogP contribution in [0.2, 0.25) is 0 Å². The van der Waals surface area contributed by atoms with Crippen molar-refractivity contribution in [3.8, 4) is 5.75 Å². The van der Waals surface area contributed by atoms with Crippen molar-refractivity contribution in [1.29, 1.82) is 0 Å². The fourth-order valence-electron chi connectivity index (χ4n) is 1.60. The number of phenols is 1. The van der Waals surface area contributed by atoms with Gasteiger partial charge < -0.3 is 5.11 Å². The van der Waals surface area contributed by atoms with Gasteiger partial charge in [0.1, 0.15) is 0 Å². The van der Waals surface area contributed by atoms with Crippen LogP contribution in [-0.4, -0.2) is 22.2 Å². The number of nitro groups is 1. The molecular formula is C14H10BrN3O4. The van der Waals surface area contributed by atoms with Gasteiger partial charge in [-0.1, -0.05) is 15.9 Å². The fourth-order valence-corrected chi connectivity index (χ4v) is 1.86. The molecule has 0 radical (unpaired) electrons. The number of carbonyl (C=O) groups is 1. The van der Waals surface area contributed by atoms with Crippen molar-refractivity contribution in [2.75, 3.05) is 0 Å². The monoisotopic (exact) mass is 363 g/mol. The smallest absolute Gasteiger partial charge is 0.311 e. The molecule has 0 saturated heterocycles. The summed E-state index contributed by atoms with van der Waals surface area (Å²) in [5.41, 5.74) is 2.69. The lowest BCUT2D eigenvalue weighted by atomic mass is 10.2. The predicted molar refractivity (Wildman–Crippen MR) is 84.0 cm³/mol. The van der Waals surface area contributed by atoms with Gasteiger partial charge in [-0.2, -0.15) is 5.10 Å². The molecule has 2 rings (SSSR count). The number of carbonyl (C=O) groups excluding carboxylic acids is 1. The topological polar surface area (TPSA) is 105 Å². The second-order valence-electron chi connectivity index (χ2n) is 4.21. The summed E-state index contributed by atoms with van der Waals surface area (Å²) in [6, 6.07) is 10.5. The van der Waals surface area contributed by atoms with Crippen molar-refractivity contribution in [1.82, 2.24) is 5.43 Å². The Bertz CT molecular complexity index is 744. The second-order valence-corrected chi connectivity index (χ2v) is 5.13. The molecule has 0 spiro atoms. The van der Waals surface area contributed by atoms with E-state index in [0.29, 0.717) is 11.1 Å². The molecule has 0 aliphatic carbocycles. The number of rotatable bonds is 4. The predicted octanol–water partition coefficient (Wildman–Crippen LogP) is 2.83. The number of amides is 1. The number of phenolic OH excluding ortho intramolecular Hbond substituents is 1. The van der Waals surface area contributed by atoms with Gasteiger partial charge in [-0.05, 0) is 36.4 Å². The first-order chi connectivity index (χ1) is 10.5. The van der Waals surface area contributed by atoms with Gasteiger partial charge in [-0.15, -0.1) is 0 Å². The highest BCUT2D eigenvalue weighted by molar-refractivity contribution is 9.10. The molecule has 0 unspecified atom stereocenters. The van der Waals surface area contributed by atoms with E-state index in [1.54, 1.807) is 24.3 Å². The maximum absolute atomic E-state index is 11.8. The molecule has 22 heavy (non-hydrogen) atoms. The Morgan fingerprint density at radius 1 is 1.27 bits per heavy atom. The molecule has 0 aliphatic rings. The molecule has 0 atom stereocenters. The van der Waals surface area contributed by atoms with E-state index >= 15 is 0 Å². The standard InChI is InChI=1S/C14H10BrN3O4/c15-11-4-2-10(3-5-11)14(20)17-16-8-9-1-6-13(19)12(7-9)18(21)22/h1-8,19H,(H,17,20)/b16-8-. The Labute approximate surface area is 133 Å². The van der Waals surface area contributed by atoms with Crippen LogP contribution in [0, 0.1) is 10.1 Å². The average Bonchev–Trinajstić information content (AvgIpc) is 2.49. The molecule has 2 N–H and O–H groups in total. The summed E-state index contributed by atoms with van der Waals surface area (Å²) in [4.78, 5) is 21.8. The number of nitrogens with zero attached hydrogens (tertiary/aromatic N) is 2. The zero-order valence-corrected chi connectivity index (χ0v) is 12.6. The molecule has 112 valence electrons. The third-order valence-electron chi connectivity index (χ3n) is 2.68. The van der Waals surface area contributed by atoms with Crippen LogP contribution >= 0.6 is 15.9 Å². The molecule has 0 saturated carbocycles. The van der Waals surface area contributed by atoms with E-state index in [9.17, 15) is 20.0 Å². The van der Waals surface area contributed by atoms with Gasteiger partial charge in [0.25, 0.3) is 5.91 Å². The van der Waals surface area contributed by atoms with Crippen LogP contribution < -0.4 is 5.43 Å². The molecule has 8 heteroatoms. The first kappa shape index (κ1) is 15.6. The number of benzene rings is 2. The highest BCUT2D eigenvalue weighted by Crippen LogP contribution is 2.25. The minimum absolute atomic E-state index is 0.376. The van der Waals surface area contributed by atoms with Gasteiger partial charge in [-0.25, -0.2) is 5.43 Å². The van der Waals surface area contributed by atoms with Gasteiger partial charge in [0.15, 0.2) is 5.75 Å². The third-order valence-corrected chi connectivity index (χ3v) is 3.21. The van der Waals surface area contributed by atoms with Crippen LogP contribution in [0.1, 0.15) is 15.9 Å². The quantitative estimate of drug-likeness (QED) is 0.494. The summed E-state index contributed by atoms with van der Waals surface area (Å²) >= 11 is 3.27. The minimum Gasteiger partial charge on any atom is -0.502 e. The Hall–Kier alpha value is -2.74. The number of hydrogen-bond acceptors (Lipinski definition) is 5. The minimum atomic E-state index is -0.701. The summed E-state index contributed by atoms with van der Waals surface area (Å²) in [7, 11) is 0. The molecule has 0 aliphatic heterocycles. The van der Waals surface area contributed by atoms with Gasteiger partial charge in [0.05, 0.1) is 11.1 Å². The third kappa shape index (κ3) is 3.89. The Morgan fingerprint density at radius 3 is 2.59 bits per heavy atom. The number of hydrazone groups is 1. The largest absolute Gasteiger partial charge is 0.502 e. The molecule has 2 aromatic rings.